The summed E-state index contributed by atoms with van der Waals surface area (Å²) in [6.45, 7) is 3.31. The fourth-order valence-corrected chi connectivity index (χ4v) is 4.73. The van der Waals surface area contributed by atoms with Crippen LogP contribution < -0.4 is 14.5 Å². The highest BCUT2D eigenvalue weighted by Crippen LogP contribution is 2.25. The highest BCUT2D eigenvalue weighted by molar-refractivity contribution is 6.21. The first-order valence-electron chi connectivity index (χ1n) is 10.2. The quantitative estimate of drug-likeness (QED) is 0.753. The van der Waals surface area contributed by atoms with Crippen LogP contribution in [0.2, 0.25) is 0 Å². The molecule has 0 saturated carbocycles. The van der Waals surface area contributed by atoms with Crippen molar-refractivity contribution >= 4 is 23.4 Å². The van der Waals surface area contributed by atoms with E-state index in [1.165, 1.54) is 4.90 Å². The number of carbonyl (C=O) groups excluding carboxylic acids is 3. The van der Waals surface area contributed by atoms with Crippen molar-refractivity contribution in [2.75, 3.05) is 38.2 Å². The van der Waals surface area contributed by atoms with Gasteiger partial charge in [-0.05, 0) is 37.1 Å². The molecule has 28 heavy (non-hydrogen) atoms. The Bertz CT molecular complexity index is 749. The molecule has 1 aromatic rings. The van der Waals surface area contributed by atoms with Crippen LogP contribution in [0.15, 0.2) is 24.3 Å². The minimum absolute atomic E-state index is 0.0757. The predicted molar refractivity (Wildman–Crippen MR) is 103 cm³/mol. The maximum Gasteiger partial charge on any atom is 0.292 e. The summed E-state index contributed by atoms with van der Waals surface area (Å²) in [6.07, 6.45) is 4.05. The molecule has 1 atom stereocenters. The van der Waals surface area contributed by atoms with E-state index < -0.39 is 0 Å². The lowest BCUT2D eigenvalue weighted by molar-refractivity contribution is -0.920. The van der Waals surface area contributed by atoms with E-state index in [1.807, 2.05) is 4.90 Å². The van der Waals surface area contributed by atoms with Gasteiger partial charge in [-0.15, -0.1) is 0 Å². The summed E-state index contributed by atoms with van der Waals surface area (Å²) in [5.74, 6) is 0.768. The van der Waals surface area contributed by atoms with Crippen molar-refractivity contribution in [1.82, 2.24) is 4.90 Å². The number of amides is 3. The summed E-state index contributed by atoms with van der Waals surface area (Å²) >= 11 is 0. The SMILES string of the molecule is COc1ccc(N2C(=O)C[C@@H]([NH+]3CCC(C(=O)N4CCCC4)CC3)C2=O)cc1. The summed E-state index contributed by atoms with van der Waals surface area (Å²) in [5.41, 5.74) is 0.594. The number of ether oxygens (including phenoxy) is 1. The molecule has 0 aliphatic carbocycles. The van der Waals surface area contributed by atoms with Gasteiger partial charge >= 0.3 is 0 Å². The summed E-state index contributed by atoms with van der Waals surface area (Å²) < 4.78 is 5.14. The first-order chi connectivity index (χ1) is 13.6. The molecule has 3 saturated heterocycles. The molecule has 3 aliphatic heterocycles. The van der Waals surface area contributed by atoms with Crippen molar-refractivity contribution in [2.45, 2.75) is 38.1 Å². The molecule has 0 spiro atoms. The molecule has 150 valence electrons. The first-order valence-corrected chi connectivity index (χ1v) is 10.2. The Kier molecular flexibility index (Phi) is 5.35. The van der Waals surface area contributed by atoms with Gasteiger partial charge in [-0.1, -0.05) is 0 Å². The molecule has 3 amide bonds. The molecule has 0 bridgehead atoms. The molecule has 3 aliphatic rings. The van der Waals surface area contributed by atoms with E-state index in [9.17, 15) is 14.4 Å². The smallest absolute Gasteiger partial charge is 0.292 e. The number of carbonyl (C=O) groups is 3. The number of anilines is 1. The van der Waals surface area contributed by atoms with Crippen LogP contribution in [0.4, 0.5) is 5.69 Å². The van der Waals surface area contributed by atoms with E-state index in [-0.39, 0.29) is 36.1 Å². The van der Waals surface area contributed by atoms with Crippen molar-refractivity contribution in [2.24, 2.45) is 5.92 Å². The Morgan fingerprint density at radius 2 is 1.71 bits per heavy atom. The second-order valence-corrected chi connectivity index (χ2v) is 7.99. The number of hydrogen-bond acceptors (Lipinski definition) is 4. The second-order valence-electron chi connectivity index (χ2n) is 7.99. The number of hydrogen-bond donors (Lipinski definition) is 1. The summed E-state index contributed by atoms with van der Waals surface area (Å²) in [5, 5.41) is 0. The molecule has 0 unspecified atom stereocenters. The van der Waals surface area contributed by atoms with Gasteiger partial charge in [0.15, 0.2) is 6.04 Å². The Hall–Kier alpha value is -2.41. The van der Waals surface area contributed by atoms with Gasteiger partial charge in [-0.25, -0.2) is 4.90 Å². The topological polar surface area (TPSA) is 71.4 Å². The lowest BCUT2D eigenvalue weighted by Crippen LogP contribution is -3.17. The van der Waals surface area contributed by atoms with Gasteiger partial charge in [0.1, 0.15) is 5.75 Å². The van der Waals surface area contributed by atoms with Gasteiger partial charge < -0.3 is 14.5 Å². The fourth-order valence-electron chi connectivity index (χ4n) is 4.73. The molecular weight excluding hydrogens is 358 g/mol. The Balaban J connectivity index is 1.38. The number of piperidine rings is 1. The average Bonchev–Trinajstić information content (AvgIpc) is 3.36. The maximum absolute atomic E-state index is 13.0. The Morgan fingerprint density at radius 3 is 2.32 bits per heavy atom. The predicted octanol–water partition coefficient (Wildman–Crippen LogP) is 0.244. The van der Waals surface area contributed by atoms with Crippen molar-refractivity contribution in [3.8, 4) is 5.75 Å². The zero-order valence-electron chi connectivity index (χ0n) is 16.4. The third-order valence-electron chi connectivity index (χ3n) is 6.36. The number of nitrogens with one attached hydrogen (secondary N) is 1. The number of methoxy groups -OCH3 is 1. The molecule has 7 heteroatoms. The zero-order valence-corrected chi connectivity index (χ0v) is 16.4. The van der Waals surface area contributed by atoms with Crippen molar-refractivity contribution in [1.29, 1.82) is 0 Å². The number of benzene rings is 1. The van der Waals surface area contributed by atoms with Crippen LogP contribution in [-0.2, 0) is 14.4 Å². The van der Waals surface area contributed by atoms with E-state index in [4.69, 9.17) is 4.74 Å². The van der Waals surface area contributed by atoms with E-state index in [2.05, 4.69) is 0 Å². The van der Waals surface area contributed by atoms with Crippen LogP contribution in [0.25, 0.3) is 0 Å². The Labute approximate surface area is 165 Å². The van der Waals surface area contributed by atoms with Crippen molar-refractivity contribution in [3.63, 3.8) is 0 Å². The molecule has 0 aromatic heterocycles. The van der Waals surface area contributed by atoms with Crippen LogP contribution in [0.1, 0.15) is 32.1 Å². The third kappa shape index (κ3) is 3.51. The number of quaternary nitrogens is 1. The van der Waals surface area contributed by atoms with Gasteiger partial charge in [0.2, 0.25) is 11.8 Å². The second kappa shape index (κ2) is 7.91. The van der Waals surface area contributed by atoms with Crippen LogP contribution in [0.3, 0.4) is 0 Å². The minimum Gasteiger partial charge on any atom is -0.497 e. The monoisotopic (exact) mass is 386 g/mol. The zero-order chi connectivity index (χ0) is 19.7. The van der Waals surface area contributed by atoms with E-state index in [0.717, 1.165) is 56.8 Å². The molecule has 0 radical (unpaired) electrons. The molecule has 4 rings (SSSR count). The molecule has 7 nitrogen and oxygen atoms in total. The highest BCUT2D eigenvalue weighted by atomic mass is 16.5. The highest BCUT2D eigenvalue weighted by Gasteiger charge is 2.47. The van der Waals surface area contributed by atoms with E-state index in [0.29, 0.717) is 11.4 Å². The normalized spacial score (nSPS) is 28.1. The van der Waals surface area contributed by atoms with Gasteiger partial charge in [0.25, 0.3) is 5.91 Å². The largest absolute Gasteiger partial charge is 0.497 e. The van der Waals surface area contributed by atoms with Gasteiger partial charge in [0, 0.05) is 31.8 Å². The molecule has 1 aromatic carbocycles. The van der Waals surface area contributed by atoms with Gasteiger partial charge in [-0.3, -0.25) is 14.4 Å². The molecule has 3 fully saturated rings. The maximum atomic E-state index is 13.0. The molecule has 3 heterocycles. The minimum atomic E-state index is -0.336. The summed E-state index contributed by atoms with van der Waals surface area (Å²) in [7, 11) is 1.58. The molecule has 1 N–H and O–H groups in total. The van der Waals surface area contributed by atoms with Crippen LogP contribution in [0.5, 0.6) is 5.75 Å². The van der Waals surface area contributed by atoms with Crippen LogP contribution in [-0.4, -0.2) is 62.0 Å². The number of rotatable bonds is 4. The number of imide groups is 1. The van der Waals surface area contributed by atoms with Crippen LogP contribution in [0, 0.1) is 5.92 Å². The average molecular weight is 386 g/mol. The van der Waals surface area contributed by atoms with Crippen LogP contribution >= 0.6 is 0 Å². The fraction of sp³-hybridized carbons (Fsp3) is 0.571. The first kappa shape index (κ1) is 18.9. The lowest BCUT2D eigenvalue weighted by atomic mass is 9.94. The standard InChI is InChI=1S/C21H27N3O4/c1-28-17-6-4-16(5-7-17)24-19(25)14-18(21(24)27)22-12-8-15(9-13-22)20(26)23-10-2-3-11-23/h4-7,15,18H,2-3,8-14H2,1H3/p+1/t18-/m1/s1. The van der Waals surface area contributed by atoms with Gasteiger partial charge in [0.05, 0.1) is 32.3 Å². The van der Waals surface area contributed by atoms with E-state index >= 15 is 0 Å². The Morgan fingerprint density at radius 1 is 1.07 bits per heavy atom. The summed E-state index contributed by atoms with van der Waals surface area (Å²) in [6, 6.07) is 6.66. The molecular formula is C21H28N3O4+. The van der Waals surface area contributed by atoms with E-state index in [1.54, 1.807) is 31.4 Å². The summed E-state index contributed by atoms with van der Waals surface area (Å²) in [4.78, 5) is 42.6. The van der Waals surface area contributed by atoms with Crippen molar-refractivity contribution in [3.05, 3.63) is 24.3 Å². The van der Waals surface area contributed by atoms with Gasteiger partial charge in [-0.2, -0.15) is 0 Å². The lowest BCUT2D eigenvalue weighted by Gasteiger charge is -2.33. The number of nitrogens with zero attached hydrogens (tertiary/aromatic N) is 2. The van der Waals surface area contributed by atoms with Crippen molar-refractivity contribution < 1.29 is 24.0 Å². The third-order valence-corrected chi connectivity index (χ3v) is 6.36. The number of likely N-dealkylation sites (tertiary alicyclic amines) is 2.